The second-order valence-corrected chi connectivity index (χ2v) is 6.54. The predicted octanol–water partition coefficient (Wildman–Crippen LogP) is 5.47. The molecule has 152 valence electrons. The summed E-state index contributed by atoms with van der Waals surface area (Å²) in [6.07, 6.45) is -0.697. The number of carbonyl (C=O) groups excluding carboxylic acids is 2. The van der Waals surface area contributed by atoms with Crippen LogP contribution in [0.4, 0.5) is 22.7 Å². The molecule has 1 atom stereocenters. The predicted molar refractivity (Wildman–Crippen MR) is 117 cm³/mol. The van der Waals surface area contributed by atoms with Crippen molar-refractivity contribution in [3.8, 4) is 5.75 Å². The van der Waals surface area contributed by atoms with E-state index >= 15 is 0 Å². The van der Waals surface area contributed by atoms with Crippen LogP contribution in [-0.4, -0.2) is 17.9 Å². The fourth-order valence-corrected chi connectivity index (χ4v) is 2.54. The molecule has 0 aliphatic rings. The number of anilines is 2. The summed E-state index contributed by atoms with van der Waals surface area (Å²) in [5, 5.41) is 13.8. The van der Waals surface area contributed by atoms with E-state index < -0.39 is 6.10 Å². The van der Waals surface area contributed by atoms with Gasteiger partial charge in [-0.2, -0.15) is 10.2 Å². The quantitative estimate of drug-likeness (QED) is 0.514. The van der Waals surface area contributed by atoms with Gasteiger partial charge in [-0.15, -0.1) is 0 Å². The lowest BCUT2D eigenvalue weighted by atomic mass is 10.2. The molecular formula is C23H22N4O3. The molecule has 0 unspecified atom stereocenters. The van der Waals surface area contributed by atoms with Crippen molar-refractivity contribution in [1.82, 2.24) is 0 Å². The lowest BCUT2D eigenvalue weighted by molar-refractivity contribution is -0.122. The largest absolute Gasteiger partial charge is 0.481 e. The van der Waals surface area contributed by atoms with E-state index in [1.54, 1.807) is 55.5 Å². The zero-order valence-electron chi connectivity index (χ0n) is 16.7. The van der Waals surface area contributed by atoms with Gasteiger partial charge >= 0.3 is 0 Å². The van der Waals surface area contributed by atoms with Gasteiger partial charge in [0, 0.05) is 18.3 Å². The molecule has 3 aromatic rings. The minimum Gasteiger partial charge on any atom is -0.481 e. The van der Waals surface area contributed by atoms with Gasteiger partial charge in [0.15, 0.2) is 6.10 Å². The van der Waals surface area contributed by atoms with Crippen molar-refractivity contribution >= 4 is 34.6 Å². The van der Waals surface area contributed by atoms with Gasteiger partial charge in [-0.1, -0.05) is 18.2 Å². The van der Waals surface area contributed by atoms with E-state index in [0.29, 0.717) is 22.8 Å². The molecule has 7 heteroatoms. The molecule has 0 aromatic heterocycles. The third-order valence-corrected chi connectivity index (χ3v) is 4.03. The molecule has 0 bridgehead atoms. The first-order valence-electron chi connectivity index (χ1n) is 9.41. The van der Waals surface area contributed by atoms with E-state index in [1.165, 1.54) is 6.92 Å². The highest BCUT2D eigenvalue weighted by atomic mass is 16.5. The van der Waals surface area contributed by atoms with E-state index in [-0.39, 0.29) is 11.8 Å². The highest BCUT2D eigenvalue weighted by molar-refractivity contribution is 5.94. The number of ether oxygens (including phenoxy) is 1. The molecule has 0 radical (unpaired) electrons. The number of nitrogens with zero attached hydrogens (tertiary/aromatic N) is 2. The molecular weight excluding hydrogens is 380 g/mol. The maximum Gasteiger partial charge on any atom is 0.265 e. The summed E-state index contributed by atoms with van der Waals surface area (Å²) >= 11 is 0. The fourth-order valence-electron chi connectivity index (χ4n) is 2.54. The summed E-state index contributed by atoms with van der Waals surface area (Å²) in [5.41, 5.74) is 2.73. The fraction of sp³-hybridized carbons (Fsp3) is 0.130. The Morgan fingerprint density at radius 2 is 1.30 bits per heavy atom. The van der Waals surface area contributed by atoms with Crippen LogP contribution in [0.25, 0.3) is 0 Å². The third kappa shape index (κ3) is 6.27. The summed E-state index contributed by atoms with van der Waals surface area (Å²) in [6.45, 7) is 3.11. The van der Waals surface area contributed by atoms with Crippen LogP contribution >= 0.6 is 0 Å². The Hall–Kier alpha value is -4.00. The second-order valence-electron chi connectivity index (χ2n) is 6.54. The first-order valence-corrected chi connectivity index (χ1v) is 9.41. The normalized spacial score (nSPS) is 11.7. The van der Waals surface area contributed by atoms with Crippen LogP contribution in [0.5, 0.6) is 5.75 Å². The Bertz CT molecular complexity index is 1020. The summed E-state index contributed by atoms with van der Waals surface area (Å²) < 4.78 is 5.70. The van der Waals surface area contributed by atoms with Crippen molar-refractivity contribution in [2.45, 2.75) is 20.0 Å². The van der Waals surface area contributed by atoms with Crippen molar-refractivity contribution in [2.24, 2.45) is 10.2 Å². The van der Waals surface area contributed by atoms with Gasteiger partial charge in [-0.3, -0.25) is 9.59 Å². The number of hydrogen-bond donors (Lipinski definition) is 2. The maximum absolute atomic E-state index is 12.4. The van der Waals surface area contributed by atoms with E-state index in [0.717, 1.165) is 5.69 Å². The van der Waals surface area contributed by atoms with Crippen LogP contribution in [0.1, 0.15) is 13.8 Å². The van der Waals surface area contributed by atoms with Gasteiger partial charge in [0.25, 0.3) is 5.91 Å². The molecule has 2 N–H and O–H groups in total. The number of amides is 2. The molecule has 0 heterocycles. The minimum atomic E-state index is -0.697. The van der Waals surface area contributed by atoms with Crippen LogP contribution < -0.4 is 15.4 Å². The zero-order valence-corrected chi connectivity index (χ0v) is 16.7. The van der Waals surface area contributed by atoms with Gasteiger partial charge in [0.05, 0.1) is 11.4 Å². The van der Waals surface area contributed by atoms with Gasteiger partial charge < -0.3 is 15.4 Å². The van der Waals surface area contributed by atoms with E-state index in [4.69, 9.17) is 4.74 Å². The number of carbonyl (C=O) groups is 2. The average Bonchev–Trinajstić information content (AvgIpc) is 2.75. The Morgan fingerprint density at radius 1 is 0.767 bits per heavy atom. The Morgan fingerprint density at radius 3 is 1.87 bits per heavy atom. The van der Waals surface area contributed by atoms with Crippen molar-refractivity contribution in [3.63, 3.8) is 0 Å². The number of benzene rings is 3. The Kier molecular flexibility index (Phi) is 6.89. The monoisotopic (exact) mass is 402 g/mol. The van der Waals surface area contributed by atoms with Gasteiger partial charge in [0.2, 0.25) is 5.91 Å². The molecule has 30 heavy (non-hydrogen) atoms. The van der Waals surface area contributed by atoms with Crippen molar-refractivity contribution in [2.75, 3.05) is 10.6 Å². The topological polar surface area (TPSA) is 92.2 Å². The molecule has 0 spiro atoms. The van der Waals surface area contributed by atoms with Gasteiger partial charge in [0.1, 0.15) is 5.75 Å². The molecule has 0 saturated heterocycles. The minimum absolute atomic E-state index is 0.152. The third-order valence-electron chi connectivity index (χ3n) is 4.03. The Balaban J connectivity index is 1.53. The van der Waals surface area contributed by atoms with Gasteiger partial charge in [-0.05, 0) is 67.6 Å². The first-order chi connectivity index (χ1) is 14.5. The van der Waals surface area contributed by atoms with Crippen LogP contribution in [0.3, 0.4) is 0 Å². The number of rotatable bonds is 7. The molecule has 2 amide bonds. The van der Waals surface area contributed by atoms with Crippen LogP contribution in [0.15, 0.2) is 89.1 Å². The van der Waals surface area contributed by atoms with Crippen LogP contribution in [-0.2, 0) is 9.59 Å². The number of hydrogen-bond acceptors (Lipinski definition) is 5. The van der Waals surface area contributed by atoms with E-state index in [1.807, 2.05) is 30.3 Å². The smallest absolute Gasteiger partial charge is 0.265 e. The molecule has 3 aromatic carbocycles. The van der Waals surface area contributed by atoms with E-state index in [9.17, 15) is 9.59 Å². The second kappa shape index (κ2) is 9.97. The highest BCUT2D eigenvalue weighted by Crippen LogP contribution is 2.22. The van der Waals surface area contributed by atoms with Crippen molar-refractivity contribution in [3.05, 3.63) is 78.9 Å². The lowest BCUT2D eigenvalue weighted by Crippen LogP contribution is -2.30. The number of azo groups is 1. The average molecular weight is 402 g/mol. The summed E-state index contributed by atoms with van der Waals surface area (Å²) in [6, 6.07) is 23.3. The summed E-state index contributed by atoms with van der Waals surface area (Å²) in [4.78, 5) is 23.4. The number of nitrogens with one attached hydrogen (secondary N) is 2. The molecule has 0 saturated carbocycles. The zero-order chi connectivity index (χ0) is 21.3. The Labute approximate surface area is 174 Å². The standard InChI is InChI=1S/C23H22N4O3/c1-16(23(29)25-19-10-8-18(9-11-19)24-17(2)28)30-22-14-12-21(13-15-22)27-26-20-6-4-3-5-7-20/h3-16H,1-2H3,(H,24,28)(H,25,29)/t16-/m1/s1. The summed E-state index contributed by atoms with van der Waals surface area (Å²) in [5.74, 6) is 0.119. The maximum atomic E-state index is 12.4. The van der Waals surface area contributed by atoms with Gasteiger partial charge in [-0.25, -0.2) is 0 Å². The van der Waals surface area contributed by atoms with Crippen molar-refractivity contribution in [1.29, 1.82) is 0 Å². The van der Waals surface area contributed by atoms with Crippen LogP contribution in [0, 0.1) is 0 Å². The molecule has 7 nitrogen and oxygen atoms in total. The summed E-state index contributed by atoms with van der Waals surface area (Å²) in [7, 11) is 0. The van der Waals surface area contributed by atoms with Crippen molar-refractivity contribution < 1.29 is 14.3 Å². The van der Waals surface area contributed by atoms with Crippen LogP contribution in [0.2, 0.25) is 0 Å². The molecule has 0 fully saturated rings. The molecule has 3 rings (SSSR count). The lowest BCUT2D eigenvalue weighted by Gasteiger charge is -2.15. The highest BCUT2D eigenvalue weighted by Gasteiger charge is 2.15. The SMILES string of the molecule is CC(=O)Nc1ccc(NC(=O)[C@@H](C)Oc2ccc(N=Nc3ccccc3)cc2)cc1. The molecule has 0 aliphatic carbocycles. The first kappa shape index (κ1) is 20.7. The molecule has 0 aliphatic heterocycles. The van der Waals surface area contributed by atoms with E-state index in [2.05, 4.69) is 20.9 Å².